The number of pyridine rings is 1. The number of nitrogens with zero attached hydrogens (tertiary/aromatic N) is 3. The fourth-order valence-corrected chi connectivity index (χ4v) is 5.84. The van der Waals surface area contributed by atoms with Crippen LogP contribution in [0.3, 0.4) is 0 Å². The van der Waals surface area contributed by atoms with E-state index in [9.17, 15) is 0 Å². The highest BCUT2D eigenvalue weighted by atomic mass is 16.5. The van der Waals surface area contributed by atoms with Crippen molar-refractivity contribution >= 4 is 27.7 Å². The monoisotopic (exact) mass is 493 g/mol. The first-order valence-electron chi connectivity index (χ1n) is 12.9. The number of hydrogen-bond donors (Lipinski definition) is 0. The summed E-state index contributed by atoms with van der Waals surface area (Å²) in [6.07, 6.45) is 2.71. The summed E-state index contributed by atoms with van der Waals surface area (Å²) in [5.74, 6) is 2.03. The van der Waals surface area contributed by atoms with Gasteiger partial charge in [0.15, 0.2) is 0 Å². The number of ether oxygens (including phenoxy) is 2. The maximum absolute atomic E-state index is 6.40. The lowest BCUT2D eigenvalue weighted by molar-refractivity contribution is 0.206. The van der Waals surface area contributed by atoms with Crippen LogP contribution in [0.4, 0.5) is 0 Å². The minimum Gasteiger partial charge on any atom is -0.471 e. The predicted octanol–water partition coefficient (Wildman–Crippen LogP) is 7.41. The van der Waals surface area contributed by atoms with Gasteiger partial charge in [-0.3, -0.25) is 0 Å². The number of benzene rings is 4. The lowest BCUT2D eigenvalue weighted by atomic mass is 10.1. The van der Waals surface area contributed by atoms with Gasteiger partial charge in [0.2, 0.25) is 11.8 Å². The molecule has 3 heterocycles. The zero-order valence-electron chi connectivity index (χ0n) is 20.5. The van der Waals surface area contributed by atoms with Crippen LogP contribution in [0, 0.1) is 0 Å². The van der Waals surface area contributed by atoms with Crippen LogP contribution >= 0.6 is 0 Å². The molecule has 38 heavy (non-hydrogen) atoms. The molecule has 4 aromatic carbocycles. The van der Waals surface area contributed by atoms with Crippen LogP contribution in [0.25, 0.3) is 27.5 Å². The van der Waals surface area contributed by atoms with Crippen molar-refractivity contribution in [3.8, 4) is 17.3 Å². The van der Waals surface area contributed by atoms with E-state index >= 15 is 0 Å². The smallest absolute Gasteiger partial charge is 0.219 e. The molecule has 0 radical (unpaired) electrons. The molecule has 5 nitrogen and oxygen atoms in total. The number of aromatic nitrogens is 2. The molecule has 2 aliphatic rings. The van der Waals surface area contributed by atoms with Gasteiger partial charge in [0, 0.05) is 46.8 Å². The zero-order chi connectivity index (χ0) is 25.1. The van der Waals surface area contributed by atoms with Crippen molar-refractivity contribution in [2.24, 2.45) is 4.99 Å². The van der Waals surface area contributed by atoms with Gasteiger partial charge in [0.1, 0.15) is 17.9 Å². The first kappa shape index (κ1) is 21.2. The molecule has 0 N–H and O–H groups in total. The number of fused-ring (bicyclic) bond motifs is 6. The molecule has 0 fully saturated rings. The fraction of sp³-hybridized carbons (Fsp3) is 0.0909. The van der Waals surface area contributed by atoms with E-state index in [1.807, 2.05) is 24.3 Å². The molecule has 2 aromatic heterocycles. The Labute approximate surface area is 219 Å². The van der Waals surface area contributed by atoms with E-state index < -0.39 is 0 Å². The molecular formula is C33H23N3O2. The van der Waals surface area contributed by atoms with E-state index in [1.54, 1.807) is 6.20 Å². The first-order valence-corrected chi connectivity index (χ1v) is 12.9. The molecule has 0 bridgehead atoms. The van der Waals surface area contributed by atoms with E-state index in [0.717, 1.165) is 40.4 Å². The highest BCUT2D eigenvalue weighted by molar-refractivity contribution is 6.09. The van der Waals surface area contributed by atoms with E-state index in [0.29, 0.717) is 5.88 Å². The minimum atomic E-state index is 0.0735. The second kappa shape index (κ2) is 8.32. The van der Waals surface area contributed by atoms with Crippen molar-refractivity contribution in [1.29, 1.82) is 0 Å². The van der Waals surface area contributed by atoms with E-state index in [4.69, 9.17) is 14.5 Å². The molecule has 1 aliphatic carbocycles. The lowest BCUT2D eigenvalue weighted by Crippen LogP contribution is -2.13. The van der Waals surface area contributed by atoms with Crippen molar-refractivity contribution in [3.63, 3.8) is 0 Å². The minimum absolute atomic E-state index is 0.0735. The molecule has 5 heteroatoms. The average molecular weight is 494 g/mol. The fourth-order valence-electron chi connectivity index (χ4n) is 5.84. The van der Waals surface area contributed by atoms with Crippen molar-refractivity contribution in [2.45, 2.75) is 18.6 Å². The van der Waals surface area contributed by atoms with Crippen molar-refractivity contribution in [1.82, 2.24) is 9.55 Å². The zero-order valence-corrected chi connectivity index (χ0v) is 20.5. The number of para-hydroxylation sites is 1. The summed E-state index contributed by atoms with van der Waals surface area (Å²) >= 11 is 0. The van der Waals surface area contributed by atoms with Crippen molar-refractivity contribution in [3.05, 3.63) is 132 Å². The summed E-state index contributed by atoms with van der Waals surface area (Å²) in [5, 5.41) is 2.36. The molecule has 8 rings (SSSR count). The number of aliphatic imine (C=N–C) groups is 1. The SMILES string of the molecule is c1ccc(Oc2ccc3c4ccccc4n(-c4cccc(C5=N[C@@H]6c7ccccc7C[C@@H]6O5)c4)c3c2)nc1. The van der Waals surface area contributed by atoms with Gasteiger partial charge < -0.3 is 14.0 Å². The molecule has 0 saturated carbocycles. The molecule has 182 valence electrons. The summed E-state index contributed by atoms with van der Waals surface area (Å²) in [4.78, 5) is 9.34. The Kier molecular flexibility index (Phi) is 4.64. The summed E-state index contributed by atoms with van der Waals surface area (Å²) in [5.41, 5.74) is 6.86. The molecule has 0 spiro atoms. The number of rotatable bonds is 4. The second-order valence-corrected chi connectivity index (χ2v) is 9.79. The summed E-state index contributed by atoms with van der Waals surface area (Å²) in [6, 6.07) is 37.4. The lowest BCUT2D eigenvalue weighted by Gasteiger charge is -2.12. The quantitative estimate of drug-likeness (QED) is 0.257. The number of hydrogen-bond acceptors (Lipinski definition) is 4. The average Bonchev–Trinajstić information content (AvgIpc) is 3.63. The second-order valence-electron chi connectivity index (χ2n) is 9.79. The Morgan fingerprint density at radius 3 is 2.58 bits per heavy atom. The van der Waals surface area contributed by atoms with Gasteiger partial charge in [-0.05, 0) is 53.6 Å². The molecule has 0 unspecified atom stereocenters. The predicted molar refractivity (Wildman–Crippen MR) is 149 cm³/mol. The van der Waals surface area contributed by atoms with Crippen LogP contribution in [0.2, 0.25) is 0 Å². The maximum Gasteiger partial charge on any atom is 0.219 e. The summed E-state index contributed by atoms with van der Waals surface area (Å²) < 4.78 is 14.8. The molecule has 6 aromatic rings. The van der Waals surface area contributed by atoms with Crippen LogP contribution < -0.4 is 4.74 Å². The highest BCUT2D eigenvalue weighted by Gasteiger charge is 2.39. The van der Waals surface area contributed by atoms with Crippen molar-refractivity contribution < 1.29 is 9.47 Å². The van der Waals surface area contributed by atoms with Crippen LogP contribution in [0.5, 0.6) is 11.6 Å². The highest BCUT2D eigenvalue weighted by Crippen LogP contribution is 2.41. The standard InChI is InChI=1S/C33H23N3O2/c1-2-11-25-21(8-1)19-30-32(25)35-33(38-30)22-9-7-10-23(18-22)36-28-13-4-3-12-26(28)27-16-15-24(20-29(27)36)37-31-14-5-6-17-34-31/h1-18,20,30,32H,19H2/t30-,32+/m0/s1. The Hall–Kier alpha value is -4.90. The van der Waals surface area contributed by atoms with E-state index in [1.165, 1.54) is 21.9 Å². The van der Waals surface area contributed by atoms with Gasteiger partial charge >= 0.3 is 0 Å². The van der Waals surface area contributed by atoms with Crippen LogP contribution in [0.1, 0.15) is 22.7 Å². The van der Waals surface area contributed by atoms with Gasteiger partial charge in [-0.25, -0.2) is 9.98 Å². The van der Waals surface area contributed by atoms with E-state index in [-0.39, 0.29) is 12.1 Å². The van der Waals surface area contributed by atoms with Crippen LogP contribution in [-0.4, -0.2) is 21.6 Å². The van der Waals surface area contributed by atoms with E-state index in [2.05, 4.69) is 94.5 Å². The Morgan fingerprint density at radius 1 is 0.763 bits per heavy atom. The Balaban J connectivity index is 1.24. The third-order valence-corrected chi connectivity index (χ3v) is 7.52. The van der Waals surface area contributed by atoms with Gasteiger partial charge in [-0.1, -0.05) is 54.6 Å². The molecule has 1 aliphatic heterocycles. The third-order valence-electron chi connectivity index (χ3n) is 7.52. The molecular weight excluding hydrogens is 470 g/mol. The third kappa shape index (κ3) is 3.32. The maximum atomic E-state index is 6.40. The topological polar surface area (TPSA) is 48.6 Å². The Morgan fingerprint density at radius 2 is 1.63 bits per heavy atom. The van der Waals surface area contributed by atoms with Crippen molar-refractivity contribution in [2.75, 3.05) is 0 Å². The van der Waals surface area contributed by atoms with Crippen LogP contribution in [-0.2, 0) is 11.2 Å². The molecule has 2 atom stereocenters. The van der Waals surface area contributed by atoms with Crippen LogP contribution in [0.15, 0.2) is 120 Å². The molecule has 0 saturated heterocycles. The van der Waals surface area contributed by atoms with Gasteiger partial charge in [-0.15, -0.1) is 0 Å². The van der Waals surface area contributed by atoms with Gasteiger partial charge in [0.25, 0.3) is 0 Å². The van der Waals surface area contributed by atoms with Gasteiger partial charge in [0.05, 0.1) is 11.0 Å². The Bertz CT molecular complexity index is 1870. The summed E-state index contributed by atoms with van der Waals surface area (Å²) in [7, 11) is 0. The summed E-state index contributed by atoms with van der Waals surface area (Å²) in [6.45, 7) is 0. The van der Waals surface area contributed by atoms with Gasteiger partial charge in [-0.2, -0.15) is 0 Å². The molecule has 0 amide bonds. The normalized spacial score (nSPS) is 17.7. The first-order chi connectivity index (χ1) is 18.8. The largest absolute Gasteiger partial charge is 0.471 e.